The van der Waals surface area contributed by atoms with Crippen LogP contribution in [0.2, 0.25) is 0 Å². The van der Waals surface area contributed by atoms with Gasteiger partial charge in [-0.2, -0.15) is 10.2 Å². The fourth-order valence-electron chi connectivity index (χ4n) is 5.57. The van der Waals surface area contributed by atoms with Crippen molar-refractivity contribution in [2.75, 3.05) is 0 Å². The maximum Gasteiger partial charge on any atom is 0.156 e. The minimum Gasteiger partial charge on any atom is -0.249 e. The van der Waals surface area contributed by atoms with Gasteiger partial charge < -0.3 is 0 Å². The molecule has 6 nitrogen and oxygen atoms in total. The Balaban J connectivity index is 1.38. The largest absolute Gasteiger partial charge is 0.249 e. The number of hydrogen-bond acceptors (Lipinski definition) is 4. The van der Waals surface area contributed by atoms with Crippen LogP contribution in [0.5, 0.6) is 0 Å². The molecule has 6 heteroatoms. The molecule has 0 fully saturated rings. The molecular weight excluding hydrogens is 444 g/mol. The molecule has 4 heterocycles. The summed E-state index contributed by atoms with van der Waals surface area (Å²) in [6.45, 7) is 14.0. The van der Waals surface area contributed by atoms with Gasteiger partial charge in [-0.05, 0) is 29.5 Å². The first-order chi connectivity index (χ1) is 17.1. The standard InChI is InChI=1S/C30H36N6/c1-29(2,3)27-31-25-22(15-16-35(25)33-27)20-13-10-14-21(17-20)23-18-24(19-11-8-7-9-12-19)36-26(23)32-28(34-36)30(4,5)6/h7-14,17,22-24H,15-16,18H2,1-6H3/t22-,23?,24?/m0/s1. The van der Waals surface area contributed by atoms with E-state index in [2.05, 4.69) is 106 Å². The summed E-state index contributed by atoms with van der Waals surface area (Å²) in [5.41, 5.74) is 3.79. The van der Waals surface area contributed by atoms with Crippen LogP contribution in [0, 0.1) is 0 Å². The Labute approximate surface area is 213 Å². The number of rotatable bonds is 3. The zero-order chi connectivity index (χ0) is 25.2. The van der Waals surface area contributed by atoms with Crippen molar-refractivity contribution in [2.45, 2.75) is 89.6 Å². The molecule has 2 unspecified atom stereocenters. The third-order valence-electron chi connectivity index (χ3n) is 7.61. The summed E-state index contributed by atoms with van der Waals surface area (Å²) in [6.07, 6.45) is 2.02. The van der Waals surface area contributed by atoms with Gasteiger partial charge in [0.15, 0.2) is 11.6 Å². The Hall–Kier alpha value is -3.28. The van der Waals surface area contributed by atoms with E-state index >= 15 is 0 Å². The highest BCUT2D eigenvalue weighted by molar-refractivity contribution is 5.38. The second-order valence-electron chi connectivity index (χ2n) is 12.5. The Bertz CT molecular complexity index is 1400. The second kappa shape index (κ2) is 8.12. The Morgan fingerprint density at radius 2 is 1.31 bits per heavy atom. The molecule has 2 aromatic heterocycles. The molecule has 0 bridgehead atoms. The minimum absolute atomic E-state index is 0.0468. The normalized spacial score (nSPS) is 21.6. The fraction of sp³-hybridized carbons (Fsp3) is 0.467. The minimum atomic E-state index is -0.0936. The number of benzene rings is 2. The summed E-state index contributed by atoms with van der Waals surface area (Å²) < 4.78 is 4.31. The molecule has 36 heavy (non-hydrogen) atoms. The lowest BCUT2D eigenvalue weighted by molar-refractivity contribution is 0.496. The molecule has 0 spiro atoms. The van der Waals surface area contributed by atoms with Crippen molar-refractivity contribution in [3.63, 3.8) is 0 Å². The third kappa shape index (κ3) is 3.87. The van der Waals surface area contributed by atoms with Crippen LogP contribution in [0.1, 0.15) is 112 Å². The molecule has 0 saturated heterocycles. The Kier molecular flexibility index (Phi) is 5.22. The maximum atomic E-state index is 5.11. The van der Waals surface area contributed by atoms with E-state index in [0.29, 0.717) is 0 Å². The van der Waals surface area contributed by atoms with Gasteiger partial charge in [0.1, 0.15) is 11.6 Å². The second-order valence-corrected chi connectivity index (χ2v) is 12.5. The molecule has 2 aliphatic heterocycles. The number of fused-ring (bicyclic) bond motifs is 2. The summed E-state index contributed by atoms with van der Waals surface area (Å²) in [5, 5.41) is 9.86. The van der Waals surface area contributed by atoms with E-state index in [-0.39, 0.29) is 28.7 Å². The van der Waals surface area contributed by atoms with Gasteiger partial charge in [-0.1, -0.05) is 96.1 Å². The van der Waals surface area contributed by atoms with Crippen molar-refractivity contribution in [3.8, 4) is 0 Å². The molecule has 0 saturated carbocycles. The van der Waals surface area contributed by atoms with Gasteiger partial charge >= 0.3 is 0 Å². The third-order valence-corrected chi connectivity index (χ3v) is 7.61. The van der Waals surface area contributed by atoms with Crippen LogP contribution >= 0.6 is 0 Å². The first-order valence-electron chi connectivity index (χ1n) is 13.2. The van der Waals surface area contributed by atoms with Crippen LogP contribution in [-0.2, 0) is 17.4 Å². The molecule has 0 radical (unpaired) electrons. The van der Waals surface area contributed by atoms with Crippen LogP contribution < -0.4 is 0 Å². The molecule has 4 aromatic rings. The van der Waals surface area contributed by atoms with Crippen molar-refractivity contribution in [1.82, 2.24) is 29.5 Å². The fourth-order valence-corrected chi connectivity index (χ4v) is 5.57. The zero-order valence-electron chi connectivity index (χ0n) is 22.2. The lowest BCUT2D eigenvalue weighted by Crippen LogP contribution is -2.16. The summed E-state index contributed by atoms with van der Waals surface area (Å²) in [5.74, 6) is 4.52. The van der Waals surface area contributed by atoms with E-state index in [9.17, 15) is 0 Å². The van der Waals surface area contributed by atoms with Crippen LogP contribution in [-0.4, -0.2) is 29.5 Å². The molecule has 6 rings (SSSR count). The first-order valence-corrected chi connectivity index (χ1v) is 13.2. The Morgan fingerprint density at radius 1 is 0.694 bits per heavy atom. The lowest BCUT2D eigenvalue weighted by atomic mass is 9.88. The van der Waals surface area contributed by atoms with Crippen LogP contribution in [0.15, 0.2) is 54.6 Å². The van der Waals surface area contributed by atoms with E-state index in [0.717, 1.165) is 42.7 Å². The molecule has 0 N–H and O–H groups in total. The molecule has 0 amide bonds. The Morgan fingerprint density at radius 3 is 2.00 bits per heavy atom. The van der Waals surface area contributed by atoms with E-state index < -0.39 is 0 Å². The molecular formula is C30H36N6. The van der Waals surface area contributed by atoms with E-state index in [1.807, 2.05) is 0 Å². The summed E-state index contributed by atoms with van der Waals surface area (Å²) in [4.78, 5) is 10.1. The predicted molar refractivity (Wildman–Crippen MR) is 141 cm³/mol. The summed E-state index contributed by atoms with van der Waals surface area (Å²) >= 11 is 0. The average molecular weight is 481 g/mol. The monoisotopic (exact) mass is 480 g/mol. The first kappa shape index (κ1) is 23.1. The topological polar surface area (TPSA) is 61.4 Å². The number of hydrogen-bond donors (Lipinski definition) is 0. The number of nitrogens with zero attached hydrogens (tertiary/aromatic N) is 6. The van der Waals surface area contributed by atoms with Gasteiger partial charge in [-0.15, -0.1) is 0 Å². The quantitative estimate of drug-likeness (QED) is 0.354. The highest BCUT2D eigenvalue weighted by atomic mass is 15.4. The van der Waals surface area contributed by atoms with E-state index in [4.69, 9.17) is 20.2 Å². The smallest absolute Gasteiger partial charge is 0.156 e. The van der Waals surface area contributed by atoms with Crippen molar-refractivity contribution < 1.29 is 0 Å². The summed E-state index contributed by atoms with van der Waals surface area (Å²) in [7, 11) is 0. The van der Waals surface area contributed by atoms with E-state index in [1.54, 1.807) is 0 Å². The molecule has 186 valence electrons. The van der Waals surface area contributed by atoms with Crippen LogP contribution in [0.4, 0.5) is 0 Å². The molecule has 3 atom stereocenters. The average Bonchev–Trinajstić information content (AvgIpc) is 3.58. The molecule has 0 aliphatic carbocycles. The van der Waals surface area contributed by atoms with Crippen molar-refractivity contribution >= 4 is 0 Å². The SMILES string of the molecule is CC(C)(C)c1nc2n(n1)CC[C@H]2c1cccc(C2CC(c3ccccc3)n3nc(C(C)(C)C)nc32)c1. The summed E-state index contributed by atoms with van der Waals surface area (Å²) in [6, 6.07) is 20.0. The van der Waals surface area contributed by atoms with Gasteiger partial charge in [0, 0.05) is 29.2 Å². The van der Waals surface area contributed by atoms with Crippen molar-refractivity contribution in [3.05, 3.63) is 94.6 Å². The van der Waals surface area contributed by atoms with Gasteiger partial charge in [-0.25, -0.2) is 19.3 Å². The van der Waals surface area contributed by atoms with Crippen molar-refractivity contribution in [1.29, 1.82) is 0 Å². The highest BCUT2D eigenvalue weighted by Crippen LogP contribution is 2.44. The zero-order valence-corrected chi connectivity index (χ0v) is 22.2. The number of aromatic nitrogens is 6. The van der Waals surface area contributed by atoms with Gasteiger partial charge in [-0.3, -0.25) is 0 Å². The van der Waals surface area contributed by atoms with Gasteiger partial charge in [0.2, 0.25) is 0 Å². The van der Waals surface area contributed by atoms with Crippen molar-refractivity contribution in [2.24, 2.45) is 0 Å². The molecule has 2 aliphatic rings. The predicted octanol–water partition coefficient (Wildman–Crippen LogP) is 6.13. The molecule has 2 aromatic carbocycles. The lowest BCUT2D eigenvalue weighted by Gasteiger charge is -2.17. The van der Waals surface area contributed by atoms with E-state index in [1.165, 1.54) is 16.7 Å². The van der Waals surface area contributed by atoms with Gasteiger partial charge in [0.05, 0.1) is 6.04 Å². The van der Waals surface area contributed by atoms with Crippen LogP contribution in [0.3, 0.4) is 0 Å². The number of aryl methyl sites for hydroxylation is 1. The van der Waals surface area contributed by atoms with Crippen LogP contribution in [0.25, 0.3) is 0 Å². The maximum absolute atomic E-state index is 5.11. The highest BCUT2D eigenvalue weighted by Gasteiger charge is 2.38. The van der Waals surface area contributed by atoms with Gasteiger partial charge in [0.25, 0.3) is 0 Å².